The largest absolute Gasteiger partial charge is 0.370 e. The van der Waals surface area contributed by atoms with Crippen molar-refractivity contribution in [3.05, 3.63) is 0 Å². The van der Waals surface area contributed by atoms with Crippen LogP contribution in [0.3, 0.4) is 0 Å². The molecule has 2 unspecified atom stereocenters. The molecule has 1 amide bonds. The average Bonchev–Trinajstić information content (AvgIpc) is 2.14. The lowest BCUT2D eigenvalue weighted by Crippen LogP contribution is -2.50. The average molecular weight is 248 g/mol. The summed E-state index contributed by atoms with van der Waals surface area (Å²) in [7, 11) is 0. The van der Waals surface area contributed by atoms with Crippen LogP contribution < -0.4 is 0 Å². The summed E-state index contributed by atoms with van der Waals surface area (Å²) in [5.74, 6) is 0.654. The van der Waals surface area contributed by atoms with E-state index in [2.05, 4.69) is 20.8 Å². The number of hydrogen-bond acceptors (Lipinski definition) is 2. The second-order valence-electron chi connectivity index (χ2n) is 5.76. The number of amides is 1. The maximum atomic E-state index is 12.0. The molecule has 0 bridgehead atoms. The predicted octanol–water partition coefficient (Wildman–Crippen LogP) is 2.28. The zero-order chi connectivity index (χ0) is 12.3. The van der Waals surface area contributed by atoms with Gasteiger partial charge in [0.25, 0.3) is 0 Å². The summed E-state index contributed by atoms with van der Waals surface area (Å²) in [6.07, 6.45) is 0.644. The fraction of sp³-hybridized carbons (Fsp3) is 0.917. The topological polar surface area (TPSA) is 29.5 Å². The van der Waals surface area contributed by atoms with E-state index >= 15 is 0 Å². The molecule has 1 rings (SSSR count). The molecule has 94 valence electrons. The highest BCUT2D eigenvalue weighted by molar-refractivity contribution is 6.18. The van der Waals surface area contributed by atoms with Crippen molar-refractivity contribution in [3.8, 4) is 0 Å². The first-order chi connectivity index (χ1) is 7.31. The molecule has 0 N–H and O–H groups in total. The Morgan fingerprint density at radius 2 is 2.06 bits per heavy atom. The summed E-state index contributed by atoms with van der Waals surface area (Å²) in [6.45, 7) is 9.52. The fourth-order valence-corrected chi connectivity index (χ4v) is 2.07. The van der Waals surface area contributed by atoms with Crippen LogP contribution in [0.4, 0.5) is 0 Å². The summed E-state index contributed by atoms with van der Waals surface area (Å²) in [6, 6.07) is 0. The molecule has 3 nitrogen and oxygen atoms in total. The van der Waals surface area contributed by atoms with Crippen LogP contribution in [0.15, 0.2) is 0 Å². The molecule has 1 aliphatic rings. The molecule has 1 aliphatic heterocycles. The normalized spacial score (nSPS) is 26.9. The number of nitrogens with zero attached hydrogens (tertiary/aromatic N) is 1. The van der Waals surface area contributed by atoms with Crippen molar-refractivity contribution in [2.24, 2.45) is 5.41 Å². The van der Waals surface area contributed by atoms with E-state index < -0.39 is 0 Å². The van der Waals surface area contributed by atoms with Crippen molar-refractivity contribution in [2.45, 2.75) is 46.3 Å². The fourth-order valence-electron chi connectivity index (χ4n) is 1.90. The van der Waals surface area contributed by atoms with Crippen LogP contribution in [0.25, 0.3) is 0 Å². The number of carbonyl (C=O) groups excluding carboxylic acids is 1. The first kappa shape index (κ1) is 13.8. The van der Waals surface area contributed by atoms with Gasteiger partial charge < -0.3 is 9.64 Å². The van der Waals surface area contributed by atoms with Gasteiger partial charge in [-0.1, -0.05) is 20.8 Å². The van der Waals surface area contributed by atoms with E-state index in [9.17, 15) is 4.79 Å². The van der Waals surface area contributed by atoms with Crippen LogP contribution in [0.1, 0.15) is 34.1 Å². The predicted molar refractivity (Wildman–Crippen MR) is 65.7 cm³/mol. The van der Waals surface area contributed by atoms with Crippen molar-refractivity contribution in [1.29, 1.82) is 0 Å². The number of morpholine rings is 1. The molecule has 1 saturated heterocycles. The van der Waals surface area contributed by atoms with Crippen LogP contribution in [0.2, 0.25) is 0 Å². The molecule has 0 saturated carbocycles. The van der Waals surface area contributed by atoms with E-state index in [1.807, 2.05) is 11.8 Å². The van der Waals surface area contributed by atoms with E-state index in [0.717, 1.165) is 0 Å². The van der Waals surface area contributed by atoms with Crippen LogP contribution in [-0.4, -0.2) is 42.0 Å². The van der Waals surface area contributed by atoms with Gasteiger partial charge in [0.1, 0.15) is 0 Å². The summed E-state index contributed by atoms with van der Waals surface area (Å²) >= 11 is 5.79. The maximum absolute atomic E-state index is 12.0. The standard InChI is InChI=1S/C12H22ClNO2/c1-9-7-14(8-10(6-13)16-9)11(15)5-12(2,3)4/h9-10H,5-8H2,1-4H3. The van der Waals surface area contributed by atoms with Gasteiger partial charge in [0.05, 0.1) is 18.1 Å². The van der Waals surface area contributed by atoms with Crippen LogP contribution in [-0.2, 0) is 9.53 Å². The molecule has 16 heavy (non-hydrogen) atoms. The zero-order valence-electron chi connectivity index (χ0n) is 10.6. The van der Waals surface area contributed by atoms with Gasteiger partial charge in [0.15, 0.2) is 0 Å². The highest BCUT2D eigenvalue weighted by Crippen LogP contribution is 2.22. The lowest BCUT2D eigenvalue weighted by atomic mass is 9.91. The number of alkyl halides is 1. The minimum atomic E-state index is -0.0191. The molecule has 4 heteroatoms. The van der Waals surface area contributed by atoms with Crippen molar-refractivity contribution in [3.63, 3.8) is 0 Å². The Bertz CT molecular complexity index is 250. The maximum Gasteiger partial charge on any atom is 0.223 e. The smallest absolute Gasteiger partial charge is 0.223 e. The van der Waals surface area contributed by atoms with E-state index in [0.29, 0.717) is 25.4 Å². The number of carbonyl (C=O) groups is 1. The molecule has 0 aliphatic carbocycles. The Morgan fingerprint density at radius 3 is 2.56 bits per heavy atom. The van der Waals surface area contributed by atoms with Crippen molar-refractivity contribution < 1.29 is 9.53 Å². The molecule has 0 aromatic heterocycles. The molecule has 0 aromatic carbocycles. The second-order valence-corrected chi connectivity index (χ2v) is 6.07. The van der Waals surface area contributed by atoms with Gasteiger partial charge in [0.2, 0.25) is 5.91 Å². The molecule has 1 heterocycles. The Hall–Kier alpha value is -0.280. The van der Waals surface area contributed by atoms with Gasteiger partial charge in [-0.15, -0.1) is 11.6 Å². The van der Waals surface area contributed by atoms with Gasteiger partial charge >= 0.3 is 0 Å². The lowest BCUT2D eigenvalue weighted by molar-refractivity contribution is -0.144. The Kier molecular flexibility index (Phi) is 4.62. The number of rotatable bonds is 2. The van der Waals surface area contributed by atoms with Crippen molar-refractivity contribution >= 4 is 17.5 Å². The molecule has 0 spiro atoms. The second kappa shape index (κ2) is 5.37. The van der Waals surface area contributed by atoms with E-state index in [1.54, 1.807) is 0 Å². The Balaban J connectivity index is 2.55. The van der Waals surface area contributed by atoms with Gasteiger partial charge in [-0.3, -0.25) is 4.79 Å². The third kappa shape index (κ3) is 4.30. The summed E-state index contributed by atoms with van der Waals surface area (Å²) in [4.78, 5) is 13.9. The highest BCUT2D eigenvalue weighted by atomic mass is 35.5. The first-order valence-electron chi connectivity index (χ1n) is 5.81. The Morgan fingerprint density at radius 1 is 1.44 bits per heavy atom. The highest BCUT2D eigenvalue weighted by Gasteiger charge is 2.29. The zero-order valence-corrected chi connectivity index (χ0v) is 11.4. The van der Waals surface area contributed by atoms with Gasteiger partial charge in [-0.2, -0.15) is 0 Å². The van der Waals surface area contributed by atoms with Gasteiger partial charge in [-0.25, -0.2) is 0 Å². The van der Waals surface area contributed by atoms with E-state index in [-0.39, 0.29) is 23.5 Å². The lowest BCUT2D eigenvalue weighted by Gasteiger charge is -2.37. The summed E-state index contributed by atoms with van der Waals surface area (Å²) in [5, 5.41) is 0. The SMILES string of the molecule is CC1CN(C(=O)CC(C)(C)C)CC(CCl)O1. The van der Waals surface area contributed by atoms with Crippen molar-refractivity contribution in [1.82, 2.24) is 4.90 Å². The number of halogens is 1. The molecule has 1 fully saturated rings. The summed E-state index contributed by atoms with van der Waals surface area (Å²) < 4.78 is 5.62. The minimum Gasteiger partial charge on any atom is -0.370 e. The van der Waals surface area contributed by atoms with Gasteiger partial charge in [0, 0.05) is 19.5 Å². The molecule has 0 radical (unpaired) electrons. The quantitative estimate of drug-likeness (QED) is 0.701. The van der Waals surface area contributed by atoms with Crippen LogP contribution in [0, 0.1) is 5.41 Å². The van der Waals surface area contributed by atoms with Crippen molar-refractivity contribution in [2.75, 3.05) is 19.0 Å². The number of hydrogen-bond donors (Lipinski definition) is 0. The monoisotopic (exact) mass is 247 g/mol. The molecular formula is C12H22ClNO2. The molecule has 0 aromatic rings. The van der Waals surface area contributed by atoms with Crippen LogP contribution in [0.5, 0.6) is 0 Å². The minimum absolute atomic E-state index is 0.0191. The van der Waals surface area contributed by atoms with Gasteiger partial charge in [-0.05, 0) is 12.3 Å². The molecule has 2 atom stereocenters. The number of ether oxygens (including phenoxy) is 1. The van der Waals surface area contributed by atoms with Crippen LogP contribution >= 0.6 is 11.6 Å². The Labute approximate surface area is 103 Å². The third-order valence-electron chi connectivity index (χ3n) is 2.53. The van der Waals surface area contributed by atoms with E-state index in [4.69, 9.17) is 16.3 Å². The third-order valence-corrected chi connectivity index (χ3v) is 2.88. The molecular weight excluding hydrogens is 226 g/mol. The summed E-state index contributed by atoms with van der Waals surface area (Å²) in [5.41, 5.74) is 0.0368. The van der Waals surface area contributed by atoms with E-state index in [1.165, 1.54) is 0 Å². The first-order valence-corrected chi connectivity index (χ1v) is 6.34.